The van der Waals surface area contributed by atoms with Gasteiger partial charge in [-0.05, 0) is 24.6 Å². The molecular formula is C20H20F2N4O3. The third-order valence-corrected chi connectivity index (χ3v) is 4.76. The number of aliphatic hydroxyl groups excluding tert-OH is 1. The van der Waals surface area contributed by atoms with Crippen molar-refractivity contribution >= 4 is 5.91 Å². The van der Waals surface area contributed by atoms with Crippen LogP contribution in [0.2, 0.25) is 0 Å². The van der Waals surface area contributed by atoms with E-state index in [1.54, 1.807) is 18.2 Å². The number of carbonyl (C=O) groups is 1. The van der Waals surface area contributed by atoms with Crippen LogP contribution in [0, 0.1) is 11.6 Å². The molecule has 0 bridgehead atoms. The number of aliphatic hydroxyl groups is 2. The molecule has 7 nitrogen and oxygen atoms in total. The van der Waals surface area contributed by atoms with Crippen LogP contribution in [-0.4, -0.2) is 36.9 Å². The lowest BCUT2D eigenvalue weighted by Crippen LogP contribution is -2.52. The summed E-state index contributed by atoms with van der Waals surface area (Å²) in [4.78, 5) is 16.5. The van der Waals surface area contributed by atoms with E-state index in [9.17, 15) is 23.8 Å². The zero-order valence-corrected chi connectivity index (χ0v) is 15.6. The molecule has 3 aromatic rings. The van der Waals surface area contributed by atoms with Crippen molar-refractivity contribution < 1.29 is 23.8 Å². The van der Waals surface area contributed by atoms with Crippen molar-refractivity contribution in [2.24, 2.45) is 0 Å². The molecule has 0 radical (unpaired) electrons. The van der Waals surface area contributed by atoms with Gasteiger partial charge in [-0.1, -0.05) is 24.3 Å². The van der Waals surface area contributed by atoms with Gasteiger partial charge in [0.2, 0.25) is 0 Å². The summed E-state index contributed by atoms with van der Waals surface area (Å²) in [6.45, 7) is 0.922. The van der Waals surface area contributed by atoms with E-state index in [4.69, 9.17) is 0 Å². The first kappa shape index (κ1) is 20.6. The Hall–Kier alpha value is -3.17. The van der Waals surface area contributed by atoms with Crippen LogP contribution in [0.3, 0.4) is 0 Å². The van der Waals surface area contributed by atoms with Gasteiger partial charge in [-0.3, -0.25) is 4.79 Å². The first-order valence-electron chi connectivity index (χ1n) is 8.85. The molecule has 3 rings (SSSR count). The second-order valence-electron chi connectivity index (χ2n) is 6.65. The van der Waals surface area contributed by atoms with Crippen molar-refractivity contribution in [3.8, 4) is 0 Å². The highest BCUT2D eigenvalue weighted by molar-refractivity contribution is 5.95. The number of carbonyl (C=O) groups excluding carboxylic acids is 1. The van der Waals surface area contributed by atoms with Gasteiger partial charge < -0.3 is 15.5 Å². The highest BCUT2D eigenvalue weighted by atomic mass is 19.1. The first-order valence-corrected chi connectivity index (χ1v) is 8.85. The van der Waals surface area contributed by atoms with Gasteiger partial charge in [-0.25, -0.2) is 18.4 Å². The number of halogens is 2. The number of amides is 1. The maximum absolute atomic E-state index is 14.5. The summed E-state index contributed by atoms with van der Waals surface area (Å²) >= 11 is 0. The number of hydrogen-bond acceptors (Lipinski definition) is 5. The fourth-order valence-corrected chi connectivity index (χ4v) is 3.13. The Kier molecular flexibility index (Phi) is 6.00. The molecule has 0 spiro atoms. The van der Waals surface area contributed by atoms with Gasteiger partial charge in [0.25, 0.3) is 5.91 Å². The number of nitrogens with one attached hydrogen (secondary N) is 1. The Balaban J connectivity index is 1.96. The largest absolute Gasteiger partial charge is 0.392 e. The molecule has 0 aliphatic rings. The van der Waals surface area contributed by atoms with E-state index >= 15 is 0 Å². The summed E-state index contributed by atoms with van der Waals surface area (Å²) in [5, 5.41) is 27.4. The third kappa shape index (κ3) is 4.30. The van der Waals surface area contributed by atoms with E-state index in [2.05, 4.69) is 15.4 Å². The standard InChI is InChI=1S/C20H20F2N4O3/c1-13(25-19(28)16-5-3-2-4-14(16)9-27)20(29,10-26-12-23-11-24-26)17-7-6-15(21)8-18(17)22/h2-8,11-13,27,29H,9-10H2,1H3,(H,25,28)/t13-,20?/m1/s1. The van der Waals surface area contributed by atoms with Crippen molar-refractivity contribution in [3.05, 3.63) is 83.4 Å². The molecule has 1 amide bonds. The van der Waals surface area contributed by atoms with E-state index in [1.165, 1.54) is 30.3 Å². The second kappa shape index (κ2) is 8.46. The number of aromatic nitrogens is 3. The Morgan fingerprint density at radius 2 is 2.03 bits per heavy atom. The molecule has 29 heavy (non-hydrogen) atoms. The van der Waals surface area contributed by atoms with Gasteiger partial charge in [0, 0.05) is 17.2 Å². The lowest BCUT2D eigenvalue weighted by Gasteiger charge is -2.35. The summed E-state index contributed by atoms with van der Waals surface area (Å²) in [5.41, 5.74) is -1.53. The molecular weight excluding hydrogens is 382 g/mol. The molecule has 0 fully saturated rings. The SMILES string of the molecule is C[C@@H](NC(=O)c1ccccc1CO)C(O)(Cn1cncn1)c1ccc(F)cc1F. The van der Waals surface area contributed by atoms with E-state index in [0.29, 0.717) is 11.6 Å². The molecule has 1 unspecified atom stereocenters. The molecule has 9 heteroatoms. The quantitative estimate of drug-likeness (QED) is 0.559. The average Bonchev–Trinajstić information content (AvgIpc) is 3.20. The average molecular weight is 402 g/mol. The van der Waals surface area contributed by atoms with E-state index in [1.807, 2.05) is 0 Å². The monoisotopic (exact) mass is 402 g/mol. The number of rotatable bonds is 7. The van der Waals surface area contributed by atoms with Crippen LogP contribution < -0.4 is 5.32 Å². The Bertz CT molecular complexity index is 997. The van der Waals surface area contributed by atoms with Gasteiger partial charge in [-0.15, -0.1) is 0 Å². The van der Waals surface area contributed by atoms with Crippen LogP contribution in [0.5, 0.6) is 0 Å². The summed E-state index contributed by atoms with van der Waals surface area (Å²) in [6.07, 6.45) is 2.59. The van der Waals surface area contributed by atoms with Crippen LogP contribution in [0.4, 0.5) is 8.78 Å². The Morgan fingerprint density at radius 1 is 1.28 bits per heavy atom. The molecule has 2 aromatic carbocycles. The topological polar surface area (TPSA) is 100 Å². The van der Waals surface area contributed by atoms with E-state index < -0.39 is 29.2 Å². The zero-order valence-electron chi connectivity index (χ0n) is 15.6. The molecule has 0 aliphatic heterocycles. The predicted octanol–water partition coefficient (Wildman–Crippen LogP) is 1.75. The van der Waals surface area contributed by atoms with Gasteiger partial charge in [0.1, 0.15) is 29.9 Å². The van der Waals surface area contributed by atoms with Crippen molar-refractivity contribution in [1.29, 1.82) is 0 Å². The molecule has 152 valence electrons. The number of nitrogens with zero attached hydrogens (tertiary/aromatic N) is 3. The molecule has 0 saturated carbocycles. The van der Waals surface area contributed by atoms with Crippen molar-refractivity contribution in [1.82, 2.24) is 20.1 Å². The van der Waals surface area contributed by atoms with Gasteiger partial charge in [-0.2, -0.15) is 5.10 Å². The maximum Gasteiger partial charge on any atom is 0.251 e. The van der Waals surface area contributed by atoms with Crippen molar-refractivity contribution in [2.75, 3.05) is 0 Å². The summed E-state index contributed by atoms with van der Waals surface area (Å²) in [5.74, 6) is -2.30. The lowest BCUT2D eigenvalue weighted by atomic mass is 9.86. The summed E-state index contributed by atoms with van der Waals surface area (Å²) in [7, 11) is 0. The maximum atomic E-state index is 14.5. The van der Waals surface area contributed by atoms with Crippen LogP contribution in [0.15, 0.2) is 55.1 Å². The smallest absolute Gasteiger partial charge is 0.251 e. The van der Waals surface area contributed by atoms with Crippen LogP contribution in [-0.2, 0) is 18.8 Å². The highest BCUT2D eigenvalue weighted by Gasteiger charge is 2.40. The van der Waals surface area contributed by atoms with Crippen LogP contribution in [0.1, 0.15) is 28.4 Å². The van der Waals surface area contributed by atoms with Crippen molar-refractivity contribution in [2.45, 2.75) is 31.7 Å². The Morgan fingerprint density at radius 3 is 2.69 bits per heavy atom. The Labute approximate surface area is 165 Å². The molecule has 0 aliphatic carbocycles. The molecule has 2 atom stereocenters. The third-order valence-electron chi connectivity index (χ3n) is 4.76. The van der Waals surface area contributed by atoms with Gasteiger partial charge in [0.05, 0.1) is 19.2 Å². The fraction of sp³-hybridized carbons (Fsp3) is 0.250. The summed E-state index contributed by atoms with van der Waals surface area (Å²) < 4.78 is 29.2. The van der Waals surface area contributed by atoms with Crippen LogP contribution >= 0.6 is 0 Å². The minimum Gasteiger partial charge on any atom is -0.392 e. The minimum absolute atomic E-state index is 0.197. The normalized spacial score (nSPS) is 14.2. The molecule has 1 aromatic heterocycles. The fourth-order valence-electron chi connectivity index (χ4n) is 3.13. The lowest BCUT2D eigenvalue weighted by molar-refractivity contribution is -0.0186. The molecule has 3 N–H and O–H groups in total. The van der Waals surface area contributed by atoms with Gasteiger partial charge in [0.15, 0.2) is 0 Å². The zero-order chi connectivity index (χ0) is 21.0. The first-order chi connectivity index (χ1) is 13.8. The molecule has 0 saturated heterocycles. The summed E-state index contributed by atoms with van der Waals surface area (Å²) in [6, 6.07) is 8.26. The number of hydrogen-bond donors (Lipinski definition) is 3. The van der Waals surface area contributed by atoms with E-state index in [0.717, 1.165) is 12.1 Å². The van der Waals surface area contributed by atoms with Crippen molar-refractivity contribution in [3.63, 3.8) is 0 Å². The highest BCUT2D eigenvalue weighted by Crippen LogP contribution is 2.30. The predicted molar refractivity (Wildman–Crippen MR) is 99.6 cm³/mol. The van der Waals surface area contributed by atoms with E-state index in [-0.39, 0.29) is 24.3 Å². The minimum atomic E-state index is -1.96. The molecule has 1 heterocycles. The number of benzene rings is 2. The van der Waals surface area contributed by atoms with Crippen LogP contribution in [0.25, 0.3) is 0 Å². The van der Waals surface area contributed by atoms with Gasteiger partial charge >= 0.3 is 0 Å². The second-order valence-corrected chi connectivity index (χ2v) is 6.65.